The molecule has 1 aromatic heterocycles. The molecule has 0 saturated carbocycles. The van der Waals surface area contributed by atoms with Crippen molar-refractivity contribution in [3.8, 4) is 11.3 Å². The van der Waals surface area contributed by atoms with E-state index >= 15 is 0 Å². The minimum Gasteiger partial charge on any atom is -0.465 e. The summed E-state index contributed by atoms with van der Waals surface area (Å²) >= 11 is 0. The molecule has 14 heteroatoms. The number of ether oxygens (including phenoxy) is 2. The summed E-state index contributed by atoms with van der Waals surface area (Å²) in [7, 11) is 1.47. The van der Waals surface area contributed by atoms with Gasteiger partial charge in [-0.3, -0.25) is 0 Å². The quantitative estimate of drug-likeness (QED) is 0.459. The smallest absolute Gasteiger partial charge is 0.407 e. The maximum absolute atomic E-state index is 14.2. The Labute approximate surface area is 229 Å². The number of aromatic nitrogens is 3. The van der Waals surface area contributed by atoms with Gasteiger partial charge in [-0.1, -0.05) is 10.4 Å². The number of benzene rings is 1. The van der Waals surface area contributed by atoms with Crippen LogP contribution in [-0.4, -0.2) is 104 Å². The summed E-state index contributed by atoms with van der Waals surface area (Å²) in [6, 6.07) is 1.51. The van der Waals surface area contributed by atoms with Gasteiger partial charge in [0.05, 0.1) is 24.6 Å². The largest absolute Gasteiger partial charge is 0.465 e. The molecule has 0 aliphatic carbocycles. The van der Waals surface area contributed by atoms with Crippen molar-refractivity contribution in [3.05, 3.63) is 35.5 Å². The second-order valence-electron chi connectivity index (χ2n) is 10.5. The zero-order valence-corrected chi connectivity index (χ0v) is 22.2. The van der Waals surface area contributed by atoms with Crippen LogP contribution >= 0.6 is 0 Å². The van der Waals surface area contributed by atoms with E-state index in [2.05, 4.69) is 15.5 Å². The highest BCUT2D eigenvalue weighted by atomic mass is 19.1. The van der Waals surface area contributed by atoms with Crippen LogP contribution in [0, 0.1) is 24.5 Å². The lowest BCUT2D eigenvalue weighted by molar-refractivity contribution is -0.219. The first-order chi connectivity index (χ1) is 19.2. The number of aliphatic hydroxyl groups excluding tert-OH is 2. The third-order valence-corrected chi connectivity index (χ3v) is 8.12. The fourth-order valence-corrected chi connectivity index (χ4v) is 5.78. The molecule has 5 rings (SSSR count). The Morgan fingerprint density at radius 2 is 1.90 bits per heavy atom. The predicted molar refractivity (Wildman–Crippen MR) is 136 cm³/mol. The van der Waals surface area contributed by atoms with E-state index in [1.54, 1.807) is 0 Å². The number of likely N-dealkylation sites (tertiary alicyclic amines) is 1. The Bertz CT molecular complexity index is 1230. The molecule has 2 aromatic rings. The Kier molecular flexibility index (Phi) is 8.31. The van der Waals surface area contributed by atoms with Crippen LogP contribution in [0.5, 0.6) is 0 Å². The Hall–Kier alpha value is -3.20. The number of hydrogen-bond donors (Lipinski definition) is 3. The minimum atomic E-state index is -1.22. The molecule has 6 atom stereocenters. The summed E-state index contributed by atoms with van der Waals surface area (Å²) in [6.45, 7) is 1.77. The average Bonchev–Trinajstić information content (AvgIpc) is 3.62. The summed E-state index contributed by atoms with van der Waals surface area (Å²) in [6.07, 6.45) is -1.08. The Balaban J connectivity index is 1.30. The number of hydrogen-bond acceptors (Lipinski definition) is 9. The van der Waals surface area contributed by atoms with E-state index in [9.17, 15) is 28.9 Å². The molecule has 12 nitrogen and oxygen atoms in total. The van der Waals surface area contributed by atoms with E-state index in [0.717, 1.165) is 5.71 Å². The third-order valence-electron chi connectivity index (χ3n) is 8.12. The van der Waals surface area contributed by atoms with E-state index in [0.29, 0.717) is 38.8 Å². The summed E-state index contributed by atoms with van der Waals surface area (Å²) in [5.41, 5.74) is 1.18. The van der Waals surface area contributed by atoms with Crippen molar-refractivity contribution >= 4 is 11.8 Å². The second kappa shape index (κ2) is 11.7. The number of piperidine rings is 1. The predicted octanol–water partition coefficient (Wildman–Crippen LogP) is 2.13. The van der Waals surface area contributed by atoms with Gasteiger partial charge in [-0.05, 0) is 31.9 Å². The van der Waals surface area contributed by atoms with Crippen LogP contribution in [0.15, 0.2) is 23.5 Å². The van der Waals surface area contributed by atoms with Gasteiger partial charge in [0.25, 0.3) is 0 Å². The van der Waals surface area contributed by atoms with Gasteiger partial charge in [0.15, 0.2) is 0 Å². The van der Waals surface area contributed by atoms with Crippen LogP contribution in [0.2, 0.25) is 0 Å². The summed E-state index contributed by atoms with van der Waals surface area (Å²) in [5.74, 6) is -1.29. The highest BCUT2D eigenvalue weighted by molar-refractivity contribution is 5.88. The molecular weight excluding hydrogens is 532 g/mol. The third kappa shape index (κ3) is 5.53. The maximum Gasteiger partial charge on any atom is 0.407 e. The van der Waals surface area contributed by atoms with E-state index in [1.807, 2.05) is 0 Å². The number of aliphatic hydroxyl groups is 2. The van der Waals surface area contributed by atoms with Gasteiger partial charge in [-0.25, -0.2) is 18.3 Å². The first kappa shape index (κ1) is 28.3. The molecule has 0 radical (unpaired) electrons. The Morgan fingerprint density at radius 3 is 2.52 bits per heavy atom. The van der Waals surface area contributed by atoms with Crippen LogP contribution in [-0.2, 0) is 14.3 Å². The van der Waals surface area contributed by atoms with E-state index in [1.165, 1.54) is 41.9 Å². The molecule has 4 heterocycles. The summed E-state index contributed by atoms with van der Waals surface area (Å²) in [4.78, 5) is 18.3. The molecule has 0 spiro atoms. The van der Waals surface area contributed by atoms with Crippen LogP contribution in [0.3, 0.4) is 0 Å². The maximum atomic E-state index is 14.2. The zero-order valence-electron chi connectivity index (χ0n) is 22.2. The number of carboxylic acid groups (broad SMARTS) is 1. The molecule has 1 unspecified atom stereocenters. The molecule has 3 N–H and O–H groups in total. The van der Waals surface area contributed by atoms with Gasteiger partial charge < -0.3 is 34.5 Å². The monoisotopic (exact) mass is 565 g/mol. The van der Waals surface area contributed by atoms with Crippen LogP contribution < -0.4 is 0 Å². The number of methoxy groups -OCH3 is 1. The van der Waals surface area contributed by atoms with Crippen LogP contribution in [0.4, 0.5) is 13.6 Å². The molecule has 1 aromatic carbocycles. The minimum absolute atomic E-state index is 0.101. The first-order valence-corrected chi connectivity index (χ1v) is 13.3. The highest BCUT2D eigenvalue weighted by Crippen LogP contribution is 2.36. The lowest BCUT2D eigenvalue weighted by Crippen LogP contribution is -2.57. The van der Waals surface area contributed by atoms with Crippen LogP contribution in [0.25, 0.3) is 11.3 Å². The molecule has 2 fully saturated rings. The van der Waals surface area contributed by atoms with E-state index < -0.39 is 54.8 Å². The Morgan fingerprint density at radius 1 is 1.20 bits per heavy atom. The topological polar surface area (TPSA) is 152 Å². The van der Waals surface area contributed by atoms with E-state index in [-0.39, 0.29) is 28.8 Å². The number of rotatable bonds is 7. The van der Waals surface area contributed by atoms with Crippen molar-refractivity contribution in [1.29, 1.82) is 0 Å². The van der Waals surface area contributed by atoms with Crippen molar-refractivity contribution < 1.29 is 43.2 Å². The van der Waals surface area contributed by atoms with Crippen molar-refractivity contribution in [3.63, 3.8) is 0 Å². The van der Waals surface area contributed by atoms with Crippen molar-refractivity contribution in [1.82, 2.24) is 19.9 Å². The number of carbonyl (C=O) groups is 1. The molecule has 1 amide bonds. The van der Waals surface area contributed by atoms with Gasteiger partial charge in [0, 0.05) is 50.1 Å². The number of amides is 1. The number of halogens is 2. The molecule has 0 bridgehead atoms. The second-order valence-corrected chi connectivity index (χ2v) is 10.5. The molecule has 2 saturated heterocycles. The normalized spacial score (nSPS) is 29.4. The van der Waals surface area contributed by atoms with Gasteiger partial charge in [-0.2, -0.15) is 0 Å². The fourth-order valence-electron chi connectivity index (χ4n) is 5.78. The number of oxime groups is 1. The molecule has 218 valence electrons. The van der Waals surface area contributed by atoms with E-state index in [4.69, 9.17) is 14.3 Å². The first-order valence-electron chi connectivity index (χ1n) is 13.3. The molecular formula is C26H33F2N5O7. The lowest BCUT2D eigenvalue weighted by Gasteiger charge is -2.44. The highest BCUT2D eigenvalue weighted by Gasteiger charge is 2.48. The summed E-state index contributed by atoms with van der Waals surface area (Å²) < 4.78 is 41.5. The van der Waals surface area contributed by atoms with Gasteiger partial charge in [-0.15, -0.1) is 5.10 Å². The molecule has 3 aliphatic heterocycles. The molecule has 3 aliphatic rings. The van der Waals surface area contributed by atoms with Gasteiger partial charge in [0.1, 0.15) is 47.8 Å². The van der Waals surface area contributed by atoms with Crippen molar-refractivity contribution in [2.45, 2.75) is 69.2 Å². The standard InChI is InChI=1S/C26H33F2N5O7/c1-13-17(27)7-15(8-18(13)28)20-11-33(31-29-20)23-24(35)22(12-34)39-21(25(23)38-2)10-16-9-19(30-40-16)14-3-5-32(6-4-14)26(36)37/h7-8,11,14,16,21-25,34-35H,3-6,9-10,12H2,1-2H3,(H,36,37)/t16?,21-,22-,23+,24+,25+/m1/s1. The van der Waals surface area contributed by atoms with Crippen molar-refractivity contribution in [2.75, 3.05) is 26.8 Å². The number of nitrogens with zero attached hydrogens (tertiary/aromatic N) is 5. The lowest BCUT2D eigenvalue weighted by atomic mass is 9.86. The van der Waals surface area contributed by atoms with Gasteiger partial charge >= 0.3 is 6.09 Å². The molecule has 40 heavy (non-hydrogen) atoms. The average molecular weight is 566 g/mol. The van der Waals surface area contributed by atoms with Gasteiger partial charge in [0.2, 0.25) is 0 Å². The fraction of sp³-hybridized carbons (Fsp3) is 0.615. The zero-order chi connectivity index (χ0) is 28.6. The van der Waals surface area contributed by atoms with Crippen LogP contribution in [0.1, 0.15) is 37.3 Å². The van der Waals surface area contributed by atoms with Crippen molar-refractivity contribution in [2.24, 2.45) is 11.1 Å². The summed E-state index contributed by atoms with van der Waals surface area (Å²) in [5, 5.41) is 42.7. The SMILES string of the molecule is CO[C@@H]1[C@@H](n2cc(-c3cc(F)c(C)c(F)c3)nn2)[C@@H](O)[C@@H](CO)O[C@@H]1CC1CC(C2CCN(C(=O)O)CC2)=NO1.